The number of ether oxygens (including phenoxy) is 2. The number of hydrogen-bond acceptors (Lipinski definition) is 3. The van der Waals surface area contributed by atoms with Crippen LogP contribution in [0.1, 0.15) is 18.1 Å². The highest BCUT2D eigenvalue weighted by molar-refractivity contribution is 6.06. The Kier molecular flexibility index (Phi) is 4.25. The maximum absolute atomic E-state index is 12.6. The number of aryl methyl sites for hydroxylation is 2. The van der Waals surface area contributed by atoms with E-state index in [2.05, 4.69) is 29.6 Å². The van der Waals surface area contributed by atoms with Crippen LogP contribution in [-0.4, -0.2) is 19.1 Å². The standard InChI is InChI=1S/C22H21NO3/c1-14(26-18-7-4-6-17(13-18)25-2)22(24)23-20-12-11-16-10-9-15-5-3-8-19(20)21(15)16/h3-8,11-14H,9-10H2,1-2H3,(H,23,24)/t14-/m0/s1. The number of methoxy groups -OCH3 is 1. The minimum absolute atomic E-state index is 0.175. The van der Waals surface area contributed by atoms with E-state index < -0.39 is 6.10 Å². The minimum atomic E-state index is -0.620. The highest BCUT2D eigenvalue weighted by atomic mass is 16.5. The van der Waals surface area contributed by atoms with Gasteiger partial charge in [-0.05, 0) is 54.5 Å². The second-order valence-electron chi connectivity index (χ2n) is 6.54. The van der Waals surface area contributed by atoms with Crippen LogP contribution in [0.5, 0.6) is 11.5 Å². The van der Waals surface area contributed by atoms with E-state index in [1.165, 1.54) is 16.5 Å². The highest BCUT2D eigenvalue weighted by Crippen LogP contribution is 2.35. The van der Waals surface area contributed by atoms with Crippen LogP contribution in [0.15, 0.2) is 54.6 Å². The maximum atomic E-state index is 12.6. The van der Waals surface area contributed by atoms with Crippen LogP contribution in [0.4, 0.5) is 5.69 Å². The van der Waals surface area contributed by atoms with Crippen molar-refractivity contribution >= 4 is 22.4 Å². The molecular weight excluding hydrogens is 326 g/mol. The average Bonchev–Trinajstić information content (AvgIpc) is 3.09. The van der Waals surface area contributed by atoms with Crippen molar-refractivity contribution in [3.8, 4) is 11.5 Å². The van der Waals surface area contributed by atoms with Crippen molar-refractivity contribution in [2.45, 2.75) is 25.9 Å². The molecule has 4 nitrogen and oxygen atoms in total. The molecule has 3 aromatic rings. The molecule has 0 bridgehead atoms. The first-order chi connectivity index (χ1) is 12.7. The second kappa shape index (κ2) is 6.71. The normalized spacial score (nSPS) is 13.5. The number of hydrogen-bond donors (Lipinski definition) is 1. The molecule has 1 amide bonds. The van der Waals surface area contributed by atoms with Gasteiger partial charge in [0.1, 0.15) is 11.5 Å². The average molecular weight is 347 g/mol. The van der Waals surface area contributed by atoms with Gasteiger partial charge in [0.2, 0.25) is 0 Å². The SMILES string of the molecule is COc1cccc(O[C@@H](C)C(=O)Nc2ccc3c4c(cccc24)CC3)c1. The van der Waals surface area contributed by atoms with Crippen LogP contribution >= 0.6 is 0 Å². The molecule has 1 atom stereocenters. The van der Waals surface area contributed by atoms with Crippen LogP contribution in [0.2, 0.25) is 0 Å². The zero-order valence-electron chi connectivity index (χ0n) is 14.9. The molecule has 132 valence electrons. The van der Waals surface area contributed by atoms with Gasteiger partial charge in [0.25, 0.3) is 5.91 Å². The van der Waals surface area contributed by atoms with Gasteiger partial charge in [0, 0.05) is 17.1 Å². The van der Waals surface area contributed by atoms with Crippen molar-refractivity contribution in [3.63, 3.8) is 0 Å². The molecule has 1 N–H and O–H groups in total. The third kappa shape index (κ3) is 2.99. The number of carbonyl (C=O) groups excluding carboxylic acids is 1. The monoisotopic (exact) mass is 347 g/mol. The van der Waals surface area contributed by atoms with Crippen molar-refractivity contribution < 1.29 is 14.3 Å². The fourth-order valence-electron chi connectivity index (χ4n) is 3.52. The van der Waals surface area contributed by atoms with Gasteiger partial charge in [-0.2, -0.15) is 0 Å². The van der Waals surface area contributed by atoms with Gasteiger partial charge in [0.15, 0.2) is 6.10 Å². The summed E-state index contributed by atoms with van der Waals surface area (Å²) in [5.41, 5.74) is 3.54. The van der Waals surface area contributed by atoms with Gasteiger partial charge in [-0.1, -0.05) is 30.3 Å². The van der Waals surface area contributed by atoms with Crippen LogP contribution in [0.3, 0.4) is 0 Å². The van der Waals surface area contributed by atoms with E-state index in [-0.39, 0.29) is 5.91 Å². The molecule has 1 aliphatic carbocycles. The maximum Gasteiger partial charge on any atom is 0.265 e. The number of amides is 1. The van der Waals surface area contributed by atoms with Crippen molar-refractivity contribution in [3.05, 3.63) is 65.7 Å². The quantitative estimate of drug-likeness (QED) is 0.746. The molecule has 4 rings (SSSR count). The molecule has 0 radical (unpaired) electrons. The first-order valence-corrected chi connectivity index (χ1v) is 8.81. The van der Waals surface area contributed by atoms with Crippen LogP contribution in [-0.2, 0) is 17.6 Å². The molecule has 4 heteroatoms. The van der Waals surface area contributed by atoms with E-state index in [0.29, 0.717) is 11.5 Å². The Hall–Kier alpha value is -3.01. The highest BCUT2D eigenvalue weighted by Gasteiger charge is 2.19. The molecule has 26 heavy (non-hydrogen) atoms. The number of rotatable bonds is 5. The Balaban J connectivity index is 1.54. The predicted molar refractivity (Wildman–Crippen MR) is 103 cm³/mol. The lowest BCUT2D eigenvalue weighted by atomic mass is 10.0. The molecule has 3 aromatic carbocycles. The summed E-state index contributed by atoms with van der Waals surface area (Å²) in [4.78, 5) is 12.6. The lowest BCUT2D eigenvalue weighted by Gasteiger charge is -2.16. The molecule has 0 aliphatic heterocycles. The summed E-state index contributed by atoms with van der Waals surface area (Å²) in [6.07, 6.45) is 1.52. The zero-order chi connectivity index (χ0) is 18.1. The summed E-state index contributed by atoms with van der Waals surface area (Å²) in [6, 6.07) is 17.6. The van der Waals surface area contributed by atoms with Crippen LogP contribution in [0.25, 0.3) is 10.8 Å². The number of anilines is 1. The fourth-order valence-corrected chi connectivity index (χ4v) is 3.52. The van der Waals surface area contributed by atoms with E-state index >= 15 is 0 Å². The second-order valence-corrected chi connectivity index (χ2v) is 6.54. The Labute approximate surface area is 152 Å². The molecule has 0 saturated carbocycles. The molecule has 1 aliphatic rings. The van der Waals surface area contributed by atoms with Crippen LogP contribution in [0, 0.1) is 0 Å². The van der Waals surface area contributed by atoms with Gasteiger partial charge in [-0.25, -0.2) is 0 Å². The molecule has 0 spiro atoms. The summed E-state index contributed by atoms with van der Waals surface area (Å²) in [7, 11) is 1.60. The van der Waals surface area contributed by atoms with Gasteiger partial charge in [0.05, 0.1) is 7.11 Å². The zero-order valence-corrected chi connectivity index (χ0v) is 14.9. The van der Waals surface area contributed by atoms with E-state index in [1.54, 1.807) is 20.1 Å². The van der Waals surface area contributed by atoms with Crippen molar-refractivity contribution in [1.29, 1.82) is 0 Å². The van der Waals surface area contributed by atoms with Gasteiger partial charge < -0.3 is 14.8 Å². The van der Waals surface area contributed by atoms with Gasteiger partial charge in [-0.3, -0.25) is 4.79 Å². The number of carbonyl (C=O) groups is 1. The van der Waals surface area contributed by atoms with E-state index in [4.69, 9.17) is 9.47 Å². The van der Waals surface area contributed by atoms with Crippen molar-refractivity contribution in [1.82, 2.24) is 0 Å². The fraction of sp³-hybridized carbons (Fsp3) is 0.227. The molecule has 0 heterocycles. The van der Waals surface area contributed by atoms with Gasteiger partial charge >= 0.3 is 0 Å². The lowest BCUT2D eigenvalue weighted by Crippen LogP contribution is -2.30. The first kappa shape index (κ1) is 16.5. The topological polar surface area (TPSA) is 47.6 Å². The smallest absolute Gasteiger partial charge is 0.265 e. The molecular formula is C22H21NO3. The number of benzene rings is 3. The van der Waals surface area contributed by atoms with Crippen molar-refractivity contribution in [2.75, 3.05) is 12.4 Å². The first-order valence-electron chi connectivity index (χ1n) is 8.81. The van der Waals surface area contributed by atoms with E-state index in [1.807, 2.05) is 24.3 Å². The summed E-state index contributed by atoms with van der Waals surface area (Å²) in [5.74, 6) is 1.13. The number of nitrogens with one attached hydrogen (secondary N) is 1. The van der Waals surface area contributed by atoms with Gasteiger partial charge in [-0.15, -0.1) is 0 Å². The largest absolute Gasteiger partial charge is 0.497 e. The molecule has 0 saturated heterocycles. The lowest BCUT2D eigenvalue weighted by molar-refractivity contribution is -0.122. The summed E-state index contributed by atoms with van der Waals surface area (Å²) < 4.78 is 11.0. The summed E-state index contributed by atoms with van der Waals surface area (Å²) in [6.45, 7) is 1.74. The molecule has 0 aromatic heterocycles. The molecule has 0 fully saturated rings. The Morgan fingerprint density at radius 2 is 1.73 bits per heavy atom. The minimum Gasteiger partial charge on any atom is -0.497 e. The summed E-state index contributed by atoms with van der Waals surface area (Å²) >= 11 is 0. The predicted octanol–water partition coefficient (Wildman–Crippen LogP) is 4.35. The van der Waals surface area contributed by atoms with E-state index in [9.17, 15) is 4.79 Å². The Morgan fingerprint density at radius 1 is 1.00 bits per heavy atom. The van der Waals surface area contributed by atoms with Crippen LogP contribution < -0.4 is 14.8 Å². The Bertz CT molecular complexity index is 970. The summed E-state index contributed by atoms with van der Waals surface area (Å²) in [5, 5.41) is 5.40. The molecule has 0 unspecified atom stereocenters. The third-order valence-electron chi connectivity index (χ3n) is 4.86. The van der Waals surface area contributed by atoms with Crippen molar-refractivity contribution in [2.24, 2.45) is 0 Å². The van der Waals surface area contributed by atoms with E-state index in [0.717, 1.165) is 23.9 Å². The third-order valence-corrected chi connectivity index (χ3v) is 4.86. The Morgan fingerprint density at radius 3 is 2.54 bits per heavy atom.